The molecule has 0 radical (unpaired) electrons. The molecule has 0 fully saturated rings. The SMILES string of the molecule is CSCC(C)NCc1cnn(CC(C)C)c1. The van der Waals surface area contributed by atoms with Gasteiger partial charge in [0.05, 0.1) is 6.20 Å². The number of rotatable bonds is 7. The number of aromatic nitrogens is 2. The first-order valence-corrected chi connectivity index (χ1v) is 7.25. The summed E-state index contributed by atoms with van der Waals surface area (Å²) in [6.07, 6.45) is 6.23. The summed E-state index contributed by atoms with van der Waals surface area (Å²) in [5.41, 5.74) is 1.27. The van der Waals surface area contributed by atoms with Crippen molar-refractivity contribution in [2.45, 2.75) is 39.9 Å². The van der Waals surface area contributed by atoms with Crippen LogP contribution in [0.1, 0.15) is 26.3 Å². The second-order valence-corrected chi connectivity index (χ2v) is 5.61. The third kappa shape index (κ3) is 5.03. The van der Waals surface area contributed by atoms with E-state index in [0.29, 0.717) is 12.0 Å². The van der Waals surface area contributed by atoms with Crippen molar-refractivity contribution >= 4 is 11.8 Å². The molecule has 3 nitrogen and oxygen atoms in total. The summed E-state index contributed by atoms with van der Waals surface area (Å²) < 4.78 is 2.03. The third-order valence-corrected chi connectivity index (χ3v) is 3.14. The van der Waals surface area contributed by atoms with Crippen molar-refractivity contribution < 1.29 is 0 Å². The number of thioether (sulfide) groups is 1. The van der Waals surface area contributed by atoms with Crippen LogP contribution in [0, 0.1) is 5.92 Å². The van der Waals surface area contributed by atoms with Crippen LogP contribution in [0.15, 0.2) is 12.4 Å². The van der Waals surface area contributed by atoms with E-state index in [0.717, 1.165) is 18.8 Å². The highest BCUT2D eigenvalue weighted by molar-refractivity contribution is 7.98. The highest BCUT2D eigenvalue weighted by Crippen LogP contribution is 2.03. The lowest BCUT2D eigenvalue weighted by Crippen LogP contribution is -2.27. The van der Waals surface area contributed by atoms with Gasteiger partial charge in [0.2, 0.25) is 0 Å². The maximum Gasteiger partial charge on any atom is 0.0534 e. The Morgan fingerprint density at radius 2 is 2.19 bits per heavy atom. The molecule has 92 valence electrons. The van der Waals surface area contributed by atoms with Gasteiger partial charge in [-0.15, -0.1) is 0 Å². The van der Waals surface area contributed by atoms with Gasteiger partial charge in [0.25, 0.3) is 0 Å². The Balaban J connectivity index is 2.34. The van der Waals surface area contributed by atoms with E-state index in [4.69, 9.17) is 0 Å². The molecule has 0 amide bonds. The Morgan fingerprint density at radius 1 is 1.44 bits per heavy atom. The zero-order valence-electron chi connectivity index (χ0n) is 10.7. The standard InChI is InChI=1S/C12H23N3S/c1-10(2)7-15-8-12(6-14-15)5-13-11(3)9-16-4/h6,8,10-11,13H,5,7,9H2,1-4H3. The number of hydrogen-bond acceptors (Lipinski definition) is 3. The summed E-state index contributed by atoms with van der Waals surface area (Å²) in [7, 11) is 0. The third-order valence-electron chi connectivity index (χ3n) is 2.31. The van der Waals surface area contributed by atoms with Gasteiger partial charge in [-0.1, -0.05) is 13.8 Å². The fourth-order valence-electron chi connectivity index (χ4n) is 1.57. The lowest BCUT2D eigenvalue weighted by atomic mass is 10.2. The van der Waals surface area contributed by atoms with Gasteiger partial charge in [-0.25, -0.2) is 0 Å². The molecule has 1 aromatic rings. The molecule has 1 aromatic heterocycles. The number of nitrogens with one attached hydrogen (secondary N) is 1. The molecule has 0 aromatic carbocycles. The first-order chi connectivity index (χ1) is 7.61. The maximum atomic E-state index is 4.35. The van der Waals surface area contributed by atoms with E-state index in [-0.39, 0.29) is 0 Å². The van der Waals surface area contributed by atoms with E-state index >= 15 is 0 Å². The molecule has 0 bridgehead atoms. The second kappa shape index (κ2) is 6.97. The van der Waals surface area contributed by atoms with Gasteiger partial charge in [-0.2, -0.15) is 16.9 Å². The predicted octanol–water partition coefficient (Wildman–Crippen LogP) is 2.38. The van der Waals surface area contributed by atoms with Crippen molar-refractivity contribution in [3.8, 4) is 0 Å². The second-order valence-electron chi connectivity index (χ2n) is 4.70. The van der Waals surface area contributed by atoms with Crippen LogP contribution >= 0.6 is 11.8 Å². The van der Waals surface area contributed by atoms with E-state index in [2.05, 4.69) is 43.6 Å². The van der Waals surface area contributed by atoms with Gasteiger partial charge >= 0.3 is 0 Å². The molecule has 0 spiro atoms. The Hall–Kier alpha value is -0.480. The van der Waals surface area contributed by atoms with E-state index < -0.39 is 0 Å². The van der Waals surface area contributed by atoms with Crippen LogP contribution in [0.4, 0.5) is 0 Å². The van der Waals surface area contributed by atoms with Crippen LogP contribution in [0.3, 0.4) is 0 Å². The quantitative estimate of drug-likeness (QED) is 0.795. The van der Waals surface area contributed by atoms with Gasteiger partial charge in [-0.3, -0.25) is 4.68 Å². The molecule has 0 aliphatic heterocycles. The van der Waals surface area contributed by atoms with Crippen molar-refractivity contribution in [2.24, 2.45) is 5.92 Å². The minimum Gasteiger partial charge on any atom is -0.309 e. The Bertz CT molecular complexity index is 296. The first kappa shape index (κ1) is 13.6. The average Bonchev–Trinajstić information content (AvgIpc) is 2.62. The minimum absolute atomic E-state index is 0.559. The Kier molecular flexibility index (Phi) is 5.91. The van der Waals surface area contributed by atoms with Crippen LogP contribution in [-0.2, 0) is 13.1 Å². The summed E-state index contributed by atoms with van der Waals surface area (Å²) in [6, 6.07) is 0.559. The van der Waals surface area contributed by atoms with Gasteiger partial charge in [0.1, 0.15) is 0 Å². The van der Waals surface area contributed by atoms with Crippen LogP contribution in [-0.4, -0.2) is 27.8 Å². The summed E-state index contributed by atoms with van der Waals surface area (Å²) in [5.74, 6) is 1.80. The molecule has 1 N–H and O–H groups in total. The van der Waals surface area contributed by atoms with Crippen LogP contribution in [0.5, 0.6) is 0 Å². The van der Waals surface area contributed by atoms with E-state index in [1.165, 1.54) is 5.56 Å². The average molecular weight is 241 g/mol. The minimum atomic E-state index is 0.559. The smallest absolute Gasteiger partial charge is 0.0534 e. The van der Waals surface area contributed by atoms with Crippen LogP contribution in [0.25, 0.3) is 0 Å². The molecule has 0 saturated heterocycles. The summed E-state index contributed by atoms with van der Waals surface area (Å²) in [6.45, 7) is 8.55. The summed E-state index contributed by atoms with van der Waals surface area (Å²) in [5, 5.41) is 7.84. The van der Waals surface area contributed by atoms with Crippen LogP contribution < -0.4 is 5.32 Å². The van der Waals surface area contributed by atoms with Crippen molar-refractivity contribution in [3.05, 3.63) is 18.0 Å². The zero-order valence-corrected chi connectivity index (χ0v) is 11.5. The lowest BCUT2D eigenvalue weighted by molar-refractivity contribution is 0.482. The summed E-state index contributed by atoms with van der Waals surface area (Å²) >= 11 is 1.88. The lowest BCUT2D eigenvalue weighted by Gasteiger charge is -2.10. The van der Waals surface area contributed by atoms with Crippen molar-refractivity contribution in [1.82, 2.24) is 15.1 Å². The van der Waals surface area contributed by atoms with Gasteiger partial charge < -0.3 is 5.32 Å². The molecule has 4 heteroatoms. The van der Waals surface area contributed by atoms with Crippen molar-refractivity contribution in [2.75, 3.05) is 12.0 Å². The molecule has 1 atom stereocenters. The number of nitrogens with zero attached hydrogens (tertiary/aromatic N) is 2. The van der Waals surface area contributed by atoms with E-state index in [1.54, 1.807) is 0 Å². The Labute approximate surface area is 103 Å². The monoisotopic (exact) mass is 241 g/mol. The molecule has 1 heterocycles. The molecular weight excluding hydrogens is 218 g/mol. The highest BCUT2D eigenvalue weighted by atomic mass is 32.2. The van der Waals surface area contributed by atoms with E-state index in [9.17, 15) is 0 Å². The molecule has 0 saturated carbocycles. The molecule has 1 unspecified atom stereocenters. The fourth-order valence-corrected chi connectivity index (χ4v) is 2.19. The molecule has 1 rings (SSSR count). The summed E-state index contributed by atoms with van der Waals surface area (Å²) in [4.78, 5) is 0. The maximum absolute atomic E-state index is 4.35. The van der Waals surface area contributed by atoms with Crippen molar-refractivity contribution in [1.29, 1.82) is 0 Å². The first-order valence-electron chi connectivity index (χ1n) is 5.85. The fraction of sp³-hybridized carbons (Fsp3) is 0.750. The number of hydrogen-bond donors (Lipinski definition) is 1. The highest BCUT2D eigenvalue weighted by Gasteiger charge is 2.03. The molecular formula is C12H23N3S. The topological polar surface area (TPSA) is 29.9 Å². The molecule has 0 aliphatic rings. The molecule has 0 aliphatic carbocycles. The van der Waals surface area contributed by atoms with Gasteiger partial charge in [0, 0.05) is 36.6 Å². The predicted molar refractivity (Wildman–Crippen MR) is 71.7 cm³/mol. The normalized spacial score (nSPS) is 13.3. The Morgan fingerprint density at radius 3 is 2.81 bits per heavy atom. The van der Waals surface area contributed by atoms with Gasteiger partial charge in [-0.05, 0) is 19.1 Å². The zero-order chi connectivity index (χ0) is 12.0. The van der Waals surface area contributed by atoms with Gasteiger partial charge in [0.15, 0.2) is 0 Å². The molecule has 16 heavy (non-hydrogen) atoms. The van der Waals surface area contributed by atoms with Crippen molar-refractivity contribution in [3.63, 3.8) is 0 Å². The largest absolute Gasteiger partial charge is 0.309 e. The van der Waals surface area contributed by atoms with Crippen LogP contribution in [0.2, 0.25) is 0 Å². The van der Waals surface area contributed by atoms with E-state index in [1.807, 2.05) is 22.6 Å².